The third-order valence-corrected chi connectivity index (χ3v) is 7.11. The molecular formula is C18H30ClN3O3S. The van der Waals surface area contributed by atoms with Gasteiger partial charge >= 0.3 is 0 Å². The second-order valence-corrected chi connectivity index (χ2v) is 8.53. The van der Waals surface area contributed by atoms with Crippen LogP contribution in [0, 0.1) is 12.8 Å². The molecule has 6 nitrogen and oxygen atoms in total. The van der Waals surface area contributed by atoms with Crippen molar-refractivity contribution in [1.29, 1.82) is 0 Å². The summed E-state index contributed by atoms with van der Waals surface area (Å²) >= 11 is 0. The summed E-state index contributed by atoms with van der Waals surface area (Å²) in [6, 6.07) is 4.95. The van der Waals surface area contributed by atoms with E-state index in [4.69, 9.17) is 0 Å². The molecule has 1 heterocycles. The number of carbonyl (C=O) groups is 1. The van der Waals surface area contributed by atoms with Crippen molar-refractivity contribution < 1.29 is 13.2 Å². The maximum absolute atomic E-state index is 12.8. The molecular weight excluding hydrogens is 374 g/mol. The van der Waals surface area contributed by atoms with E-state index in [1.807, 2.05) is 13.8 Å². The summed E-state index contributed by atoms with van der Waals surface area (Å²) in [5, 5.41) is 6.31. The largest absolute Gasteiger partial charge is 0.348 e. The number of aryl methyl sites for hydroxylation is 1. The number of piperidine rings is 1. The van der Waals surface area contributed by atoms with Crippen molar-refractivity contribution in [3.05, 3.63) is 29.3 Å². The molecule has 1 fully saturated rings. The summed E-state index contributed by atoms with van der Waals surface area (Å²) in [5.41, 5.74) is 1.03. The second-order valence-electron chi connectivity index (χ2n) is 6.62. The van der Waals surface area contributed by atoms with Gasteiger partial charge in [-0.1, -0.05) is 26.8 Å². The lowest BCUT2D eigenvalue weighted by Gasteiger charge is -2.30. The standard InChI is InChI=1S/C18H29N3O3S.ClH/c1-5-21(6-2)25(23,24)17-11-15(8-7-14(17)4)18(22)20-16-12-19-10-9-13(16)3;/h7-8,11,13,16,19H,5-6,9-10,12H2,1-4H3,(H,20,22);1H. The summed E-state index contributed by atoms with van der Waals surface area (Å²) in [7, 11) is -3.59. The van der Waals surface area contributed by atoms with Gasteiger partial charge in [0.05, 0.1) is 4.90 Å². The van der Waals surface area contributed by atoms with Crippen LogP contribution in [-0.4, -0.2) is 50.9 Å². The smallest absolute Gasteiger partial charge is 0.251 e. The Kier molecular flexibility index (Phi) is 8.53. The number of halogens is 1. The van der Waals surface area contributed by atoms with Crippen molar-refractivity contribution in [2.45, 2.75) is 45.1 Å². The van der Waals surface area contributed by atoms with E-state index in [0.29, 0.717) is 30.1 Å². The van der Waals surface area contributed by atoms with Gasteiger partial charge in [0, 0.05) is 31.2 Å². The van der Waals surface area contributed by atoms with Gasteiger partial charge in [0.2, 0.25) is 10.0 Å². The highest BCUT2D eigenvalue weighted by Gasteiger charge is 2.26. The van der Waals surface area contributed by atoms with Gasteiger partial charge < -0.3 is 10.6 Å². The Bertz CT molecular complexity index is 720. The predicted molar refractivity (Wildman–Crippen MR) is 106 cm³/mol. The molecule has 1 aromatic carbocycles. The summed E-state index contributed by atoms with van der Waals surface area (Å²) in [4.78, 5) is 12.8. The van der Waals surface area contributed by atoms with E-state index in [1.54, 1.807) is 19.1 Å². The zero-order valence-corrected chi connectivity index (χ0v) is 17.5. The normalized spacial score (nSPS) is 20.5. The van der Waals surface area contributed by atoms with Crippen LogP contribution in [0.5, 0.6) is 0 Å². The van der Waals surface area contributed by atoms with E-state index in [-0.39, 0.29) is 29.3 Å². The third kappa shape index (κ3) is 4.97. The quantitative estimate of drug-likeness (QED) is 0.763. The van der Waals surface area contributed by atoms with E-state index < -0.39 is 10.0 Å². The molecule has 1 amide bonds. The lowest BCUT2D eigenvalue weighted by molar-refractivity contribution is 0.0915. The van der Waals surface area contributed by atoms with Crippen LogP contribution >= 0.6 is 12.4 Å². The molecule has 2 unspecified atom stereocenters. The molecule has 0 spiro atoms. The highest BCUT2D eigenvalue weighted by Crippen LogP contribution is 2.22. The Balaban J connectivity index is 0.00000338. The van der Waals surface area contributed by atoms with Gasteiger partial charge in [0.25, 0.3) is 5.91 Å². The number of benzene rings is 1. The fourth-order valence-corrected chi connectivity index (χ4v) is 4.87. The summed E-state index contributed by atoms with van der Waals surface area (Å²) < 4.78 is 27.0. The minimum Gasteiger partial charge on any atom is -0.348 e. The van der Waals surface area contributed by atoms with Crippen LogP contribution < -0.4 is 10.6 Å². The van der Waals surface area contributed by atoms with Gasteiger partial charge in [0.1, 0.15) is 0 Å². The predicted octanol–water partition coefficient (Wildman–Crippen LogP) is 2.18. The van der Waals surface area contributed by atoms with Crippen LogP contribution in [-0.2, 0) is 10.0 Å². The summed E-state index contributed by atoms with van der Waals surface area (Å²) in [6.45, 7) is 10.0. The maximum Gasteiger partial charge on any atom is 0.251 e. The van der Waals surface area contributed by atoms with Crippen molar-refractivity contribution in [3.8, 4) is 0 Å². The molecule has 26 heavy (non-hydrogen) atoms. The first-order chi connectivity index (χ1) is 11.8. The van der Waals surface area contributed by atoms with Crippen molar-refractivity contribution in [2.24, 2.45) is 5.92 Å². The molecule has 0 bridgehead atoms. The number of nitrogens with zero attached hydrogens (tertiary/aromatic N) is 1. The minimum atomic E-state index is -3.59. The van der Waals surface area contributed by atoms with E-state index in [0.717, 1.165) is 19.5 Å². The number of hydrogen-bond donors (Lipinski definition) is 2. The zero-order chi connectivity index (χ0) is 18.6. The Morgan fingerprint density at radius 1 is 1.31 bits per heavy atom. The lowest BCUT2D eigenvalue weighted by atomic mass is 9.94. The van der Waals surface area contributed by atoms with Crippen LogP contribution in [0.1, 0.15) is 43.1 Å². The monoisotopic (exact) mass is 403 g/mol. The van der Waals surface area contributed by atoms with Gasteiger partial charge in [-0.15, -0.1) is 12.4 Å². The molecule has 1 aliphatic rings. The molecule has 0 aliphatic carbocycles. The first-order valence-electron chi connectivity index (χ1n) is 8.93. The van der Waals surface area contributed by atoms with Crippen LogP contribution in [0.2, 0.25) is 0 Å². The highest BCUT2D eigenvalue weighted by atomic mass is 35.5. The minimum absolute atomic E-state index is 0. The Labute approximate surface area is 163 Å². The van der Waals surface area contributed by atoms with E-state index in [2.05, 4.69) is 17.6 Å². The van der Waals surface area contributed by atoms with Gasteiger partial charge in [0.15, 0.2) is 0 Å². The fourth-order valence-electron chi connectivity index (χ4n) is 3.16. The average molecular weight is 404 g/mol. The second kappa shape index (κ2) is 9.69. The molecule has 1 aromatic rings. The molecule has 2 N–H and O–H groups in total. The van der Waals surface area contributed by atoms with E-state index in [1.165, 1.54) is 10.4 Å². The number of carbonyl (C=O) groups excluding carboxylic acids is 1. The third-order valence-electron chi connectivity index (χ3n) is 4.92. The summed E-state index contributed by atoms with van der Waals surface area (Å²) in [6.07, 6.45) is 1.01. The van der Waals surface area contributed by atoms with Crippen LogP contribution in [0.4, 0.5) is 0 Å². The van der Waals surface area contributed by atoms with Crippen LogP contribution in [0.25, 0.3) is 0 Å². The lowest BCUT2D eigenvalue weighted by Crippen LogP contribution is -2.50. The van der Waals surface area contributed by atoms with Gasteiger partial charge in [-0.2, -0.15) is 4.31 Å². The number of hydrogen-bond acceptors (Lipinski definition) is 4. The first kappa shape index (κ1) is 22.9. The van der Waals surface area contributed by atoms with E-state index in [9.17, 15) is 13.2 Å². The molecule has 2 atom stereocenters. The molecule has 148 valence electrons. The summed E-state index contributed by atoms with van der Waals surface area (Å²) in [5.74, 6) is 0.172. The molecule has 0 aromatic heterocycles. The Hall–Kier alpha value is -1.15. The maximum atomic E-state index is 12.8. The molecule has 1 aliphatic heterocycles. The molecule has 1 saturated heterocycles. The highest BCUT2D eigenvalue weighted by molar-refractivity contribution is 7.89. The van der Waals surface area contributed by atoms with Crippen molar-refractivity contribution >= 4 is 28.3 Å². The number of nitrogens with one attached hydrogen (secondary N) is 2. The van der Waals surface area contributed by atoms with Gasteiger partial charge in [-0.05, 0) is 43.5 Å². The fraction of sp³-hybridized carbons (Fsp3) is 0.611. The van der Waals surface area contributed by atoms with Crippen LogP contribution in [0.15, 0.2) is 23.1 Å². The SMILES string of the molecule is CCN(CC)S(=O)(=O)c1cc(C(=O)NC2CNCCC2C)ccc1C.Cl. The topological polar surface area (TPSA) is 78.5 Å². The van der Waals surface area contributed by atoms with Crippen molar-refractivity contribution in [3.63, 3.8) is 0 Å². The Morgan fingerprint density at radius 3 is 2.54 bits per heavy atom. The van der Waals surface area contributed by atoms with Crippen molar-refractivity contribution in [1.82, 2.24) is 14.9 Å². The van der Waals surface area contributed by atoms with E-state index >= 15 is 0 Å². The molecule has 0 radical (unpaired) electrons. The zero-order valence-electron chi connectivity index (χ0n) is 15.9. The number of rotatable bonds is 6. The van der Waals surface area contributed by atoms with Gasteiger partial charge in [-0.3, -0.25) is 4.79 Å². The molecule has 2 rings (SSSR count). The van der Waals surface area contributed by atoms with Crippen molar-refractivity contribution in [2.75, 3.05) is 26.2 Å². The van der Waals surface area contributed by atoms with Crippen LogP contribution in [0.3, 0.4) is 0 Å². The molecule has 8 heteroatoms. The first-order valence-corrected chi connectivity index (χ1v) is 10.4. The van der Waals surface area contributed by atoms with Gasteiger partial charge in [-0.25, -0.2) is 8.42 Å². The molecule has 0 saturated carbocycles. The Morgan fingerprint density at radius 2 is 1.96 bits per heavy atom. The number of sulfonamides is 1. The number of amides is 1. The average Bonchev–Trinajstić information content (AvgIpc) is 2.58.